The van der Waals surface area contributed by atoms with Crippen LogP contribution < -0.4 is 0 Å². The minimum absolute atomic E-state index is 0.245. The van der Waals surface area contributed by atoms with Crippen LogP contribution in [0.1, 0.15) is 78.1 Å². The van der Waals surface area contributed by atoms with E-state index in [9.17, 15) is 20.4 Å². The summed E-state index contributed by atoms with van der Waals surface area (Å²) in [5, 5.41) is 41.1. The molecule has 4 aliphatic rings. The quantitative estimate of drug-likeness (QED) is 0.507. The zero-order chi connectivity index (χ0) is 22.3. The first-order chi connectivity index (χ1) is 14.7. The fraction of sp³-hybridized carbons (Fsp3) is 0.778. The smallest absolute Gasteiger partial charge is 0.0827 e. The standard InChI is InChI=1S/C27H42O4/c1-16(13-25(30)26(31)19-7-8-19)22-10-11-23-18(5-4-12-27(22,23)3)6-9-20-14-21(28)15-24(29)17(20)2/h6,9,16,19,21-26,28-31H,2,4-5,7-8,10-15H2,1,3H3/b18-6+,20-9-/t16-,21-,22-,23+,24+,25-,26+,27-/m1/s1. The summed E-state index contributed by atoms with van der Waals surface area (Å²) in [6, 6.07) is 0. The number of allylic oxidation sites excluding steroid dienone is 3. The number of fused-ring (bicyclic) bond motifs is 1. The van der Waals surface area contributed by atoms with E-state index in [1.165, 1.54) is 31.3 Å². The Morgan fingerprint density at radius 2 is 1.87 bits per heavy atom. The fourth-order valence-electron chi connectivity index (χ4n) is 7.12. The molecule has 4 heteroatoms. The molecule has 0 aromatic heterocycles. The predicted molar refractivity (Wildman–Crippen MR) is 123 cm³/mol. The molecule has 0 unspecified atom stereocenters. The van der Waals surface area contributed by atoms with E-state index in [-0.39, 0.29) is 5.41 Å². The van der Waals surface area contributed by atoms with Crippen LogP contribution in [0.4, 0.5) is 0 Å². The number of aliphatic hydroxyl groups excluding tert-OH is 4. The lowest BCUT2D eigenvalue weighted by atomic mass is 9.60. The summed E-state index contributed by atoms with van der Waals surface area (Å²) in [7, 11) is 0. The van der Waals surface area contributed by atoms with Crippen LogP contribution in [0.25, 0.3) is 0 Å². The second kappa shape index (κ2) is 9.13. The van der Waals surface area contributed by atoms with Gasteiger partial charge in [0.05, 0.1) is 24.4 Å². The molecule has 0 aliphatic heterocycles. The van der Waals surface area contributed by atoms with Gasteiger partial charge in [-0.3, -0.25) is 0 Å². The summed E-state index contributed by atoms with van der Waals surface area (Å²) in [4.78, 5) is 0. The maximum absolute atomic E-state index is 10.6. The van der Waals surface area contributed by atoms with Crippen molar-refractivity contribution >= 4 is 0 Å². The van der Waals surface area contributed by atoms with E-state index in [1.807, 2.05) is 0 Å². The molecule has 174 valence electrons. The van der Waals surface area contributed by atoms with E-state index < -0.39 is 24.4 Å². The van der Waals surface area contributed by atoms with E-state index in [4.69, 9.17) is 0 Å². The molecule has 0 spiro atoms. The highest BCUT2D eigenvalue weighted by Gasteiger charge is 2.51. The Hall–Kier alpha value is -0.940. The highest BCUT2D eigenvalue weighted by molar-refractivity contribution is 5.38. The fourth-order valence-corrected chi connectivity index (χ4v) is 7.12. The molecule has 0 heterocycles. The minimum Gasteiger partial charge on any atom is -0.393 e. The second-order valence-corrected chi connectivity index (χ2v) is 11.3. The zero-order valence-electron chi connectivity index (χ0n) is 19.3. The first kappa shape index (κ1) is 23.2. The molecule has 8 atom stereocenters. The molecule has 4 saturated carbocycles. The van der Waals surface area contributed by atoms with Gasteiger partial charge in [-0.1, -0.05) is 38.2 Å². The van der Waals surface area contributed by atoms with E-state index in [2.05, 4.69) is 32.6 Å². The monoisotopic (exact) mass is 430 g/mol. The van der Waals surface area contributed by atoms with Crippen molar-refractivity contribution in [3.8, 4) is 0 Å². The van der Waals surface area contributed by atoms with E-state index in [1.54, 1.807) is 0 Å². The molecule has 0 saturated heterocycles. The van der Waals surface area contributed by atoms with Crippen molar-refractivity contribution in [3.63, 3.8) is 0 Å². The van der Waals surface area contributed by atoms with E-state index in [0.29, 0.717) is 42.9 Å². The van der Waals surface area contributed by atoms with Gasteiger partial charge in [-0.05, 0) is 98.0 Å². The predicted octanol–water partition coefficient (Wildman–Crippen LogP) is 4.29. The first-order valence-electron chi connectivity index (χ1n) is 12.5. The Labute approximate surface area is 187 Å². The molecule has 4 aliphatic carbocycles. The lowest BCUT2D eigenvalue weighted by molar-refractivity contribution is -0.0195. The van der Waals surface area contributed by atoms with Gasteiger partial charge >= 0.3 is 0 Å². The summed E-state index contributed by atoms with van der Waals surface area (Å²) in [5.41, 5.74) is 3.47. The van der Waals surface area contributed by atoms with Gasteiger partial charge in [-0.15, -0.1) is 0 Å². The SMILES string of the molecule is C=C1/C(=C\C=C2/CCC[C@]3(C)[C@@H]([C@H](C)C[C@@H](O)[C@@H](O)C4CC4)CC[C@@H]23)C[C@@H](O)C[C@@H]1O. The molecular weight excluding hydrogens is 388 g/mol. The van der Waals surface area contributed by atoms with Crippen molar-refractivity contribution in [1.82, 2.24) is 0 Å². The topological polar surface area (TPSA) is 80.9 Å². The lowest BCUT2D eigenvalue weighted by Gasteiger charge is -2.45. The number of hydrogen-bond acceptors (Lipinski definition) is 4. The maximum atomic E-state index is 10.6. The van der Waals surface area contributed by atoms with Crippen molar-refractivity contribution in [2.45, 2.75) is 102 Å². The highest BCUT2D eigenvalue weighted by atomic mass is 16.3. The molecule has 4 nitrogen and oxygen atoms in total. The van der Waals surface area contributed by atoms with Crippen LogP contribution in [0.3, 0.4) is 0 Å². The summed E-state index contributed by atoms with van der Waals surface area (Å²) in [6.45, 7) is 8.77. The third kappa shape index (κ3) is 4.73. The van der Waals surface area contributed by atoms with E-state index >= 15 is 0 Å². The van der Waals surface area contributed by atoms with Crippen LogP contribution in [0.5, 0.6) is 0 Å². The molecule has 31 heavy (non-hydrogen) atoms. The van der Waals surface area contributed by atoms with Gasteiger partial charge in [0.2, 0.25) is 0 Å². The van der Waals surface area contributed by atoms with Gasteiger partial charge in [-0.2, -0.15) is 0 Å². The van der Waals surface area contributed by atoms with Crippen LogP contribution in [-0.4, -0.2) is 44.8 Å². The Bertz CT molecular complexity index is 736. The van der Waals surface area contributed by atoms with Gasteiger partial charge in [0.15, 0.2) is 0 Å². The molecule has 0 bridgehead atoms. The van der Waals surface area contributed by atoms with Crippen molar-refractivity contribution in [3.05, 3.63) is 35.5 Å². The second-order valence-electron chi connectivity index (χ2n) is 11.3. The summed E-state index contributed by atoms with van der Waals surface area (Å²) in [6.07, 6.45) is 11.8. The Kier molecular flexibility index (Phi) is 6.84. The third-order valence-electron chi connectivity index (χ3n) is 9.10. The van der Waals surface area contributed by atoms with Crippen LogP contribution >= 0.6 is 0 Å². The van der Waals surface area contributed by atoms with Gasteiger partial charge < -0.3 is 20.4 Å². The Morgan fingerprint density at radius 3 is 2.58 bits per heavy atom. The summed E-state index contributed by atoms with van der Waals surface area (Å²) in [5.74, 6) is 1.85. The average Bonchev–Trinajstić information content (AvgIpc) is 3.50. The van der Waals surface area contributed by atoms with Gasteiger partial charge in [0.25, 0.3) is 0 Å². The van der Waals surface area contributed by atoms with Crippen molar-refractivity contribution < 1.29 is 20.4 Å². The summed E-state index contributed by atoms with van der Waals surface area (Å²) >= 11 is 0. The zero-order valence-corrected chi connectivity index (χ0v) is 19.3. The van der Waals surface area contributed by atoms with Gasteiger partial charge in [0, 0.05) is 6.42 Å². The Morgan fingerprint density at radius 1 is 1.13 bits per heavy atom. The van der Waals surface area contributed by atoms with Crippen LogP contribution in [0.15, 0.2) is 35.5 Å². The first-order valence-corrected chi connectivity index (χ1v) is 12.5. The molecule has 0 radical (unpaired) electrons. The molecule has 0 aromatic rings. The van der Waals surface area contributed by atoms with Crippen molar-refractivity contribution in [1.29, 1.82) is 0 Å². The van der Waals surface area contributed by atoms with Crippen LogP contribution in [0.2, 0.25) is 0 Å². The number of rotatable bonds is 6. The third-order valence-corrected chi connectivity index (χ3v) is 9.10. The normalized spacial score (nSPS) is 41.9. The van der Waals surface area contributed by atoms with Gasteiger partial charge in [-0.25, -0.2) is 0 Å². The molecule has 4 fully saturated rings. The molecule has 4 rings (SSSR count). The number of hydrogen-bond donors (Lipinski definition) is 4. The summed E-state index contributed by atoms with van der Waals surface area (Å²) < 4.78 is 0. The molecule has 0 amide bonds. The maximum Gasteiger partial charge on any atom is 0.0827 e. The highest BCUT2D eigenvalue weighted by Crippen LogP contribution is 2.60. The van der Waals surface area contributed by atoms with Crippen molar-refractivity contribution in [2.24, 2.45) is 29.1 Å². The minimum atomic E-state index is -0.640. The molecular formula is C27H42O4. The van der Waals surface area contributed by atoms with Crippen LogP contribution in [-0.2, 0) is 0 Å². The lowest BCUT2D eigenvalue weighted by Crippen LogP contribution is -2.38. The van der Waals surface area contributed by atoms with Gasteiger partial charge in [0.1, 0.15) is 0 Å². The largest absolute Gasteiger partial charge is 0.393 e. The molecule has 0 aromatic carbocycles. The average molecular weight is 431 g/mol. The Balaban J connectivity index is 1.46. The van der Waals surface area contributed by atoms with Crippen LogP contribution in [0, 0.1) is 29.1 Å². The molecule has 4 N–H and O–H groups in total. The van der Waals surface area contributed by atoms with Crippen molar-refractivity contribution in [2.75, 3.05) is 0 Å². The number of aliphatic hydroxyl groups is 4. The van der Waals surface area contributed by atoms with E-state index in [0.717, 1.165) is 30.4 Å².